The Balaban J connectivity index is 1.95. The molecule has 73 valence electrons. The van der Waals surface area contributed by atoms with Crippen LogP contribution < -0.4 is 0 Å². The molecule has 0 aromatic heterocycles. The topological polar surface area (TPSA) is 17.1 Å². The molecule has 1 saturated carbocycles. The molecule has 0 unspecified atom stereocenters. The standard InChI is InChI=1S/C13H15O/c14-13(10-11-6-4-5-7-11)12-8-2-1-3-9-12/h1-3,8-11H,4-7H2. The maximum Gasteiger partial charge on any atom is 0.166 e. The van der Waals surface area contributed by atoms with Gasteiger partial charge in [0.2, 0.25) is 0 Å². The third-order valence-electron chi connectivity index (χ3n) is 2.85. The third-order valence-corrected chi connectivity index (χ3v) is 2.85. The van der Waals surface area contributed by atoms with E-state index in [1.807, 2.05) is 36.8 Å². The van der Waals surface area contributed by atoms with Crippen LogP contribution >= 0.6 is 0 Å². The van der Waals surface area contributed by atoms with Crippen LogP contribution in [0.2, 0.25) is 0 Å². The Bertz CT molecular complexity index is 296. The largest absolute Gasteiger partial charge is 0.294 e. The quantitative estimate of drug-likeness (QED) is 0.664. The van der Waals surface area contributed by atoms with Crippen molar-refractivity contribution in [2.75, 3.05) is 0 Å². The van der Waals surface area contributed by atoms with Crippen LogP contribution in [-0.4, -0.2) is 5.78 Å². The molecule has 14 heavy (non-hydrogen) atoms. The first-order valence-electron chi connectivity index (χ1n) is 5.30. The summed E-state index contributed by atoms with van der Waals surface area (Å²) in [5.74, 6) is 0.722. The van der Waals surface area contributed by atoms with Gasteiger partial charge in [-0.25, -0.2) is 0 Å². The molecule has 1 aromatic carbocycles. The predicted molar refractivity (Wildman–Crippen MR) is 57.0 cm³/mol. The zero-order chi connectivity index (χ0) is 9.80. The van der Waals surface area contributed by atoms with Crippen molar-refractivity contribution in [2.24, 2.45) is 5.92 Å². The average Bonchev–Trinajstić information content (AvgIpc) is 2.72. The highest BCUT2D eigenvalue weighted by atomic mass is 16.1. The molecule has 0 aliphatic heterocycles. The van der Waals surface area contributed by atoms with Gasteiger partial charge in [0.05, 0.1) is 0 Å². The van der Waals surface area contributed by atoms with Crippen molar-refractivity contribution >= 4 is 5.78 Å². The van der Waals surface area contributed by atoms with E-state index in [0.717, 1.165) is 5.56 Å². The van der Waals surface area contributed by atoms with Gasteiger partial charge in [0.1, 0.15) is 0 Å². The molecule has 0 bridgehead atoms. The minimum Gasteiger partial charge on any atom is -0.294 e. The van der Waals surface area contributed by atoms with E-state index >= 15 is 0 Å². The molecule has 1 heteroatoms. The highest BCUT2D eigenvalue weighted by molar-refractivity contribution is 6.02. The van der Waals surface area contributed by atoms with Crippen molar-refractivity contribution in [3.63, 3.8) is 0 Å². The van der Waals surface area contributed by atoms with Crippen LogP contribution in [0.3, 0.4) is 0 Å². The Hall–Kier alpha value is -1.11. The van der Waals surface area contributed by atoms with Crippen molar-refractivity contribution in [2.45, 2.75) is 25.7 Å². The number of carbonyl (C=O) groups excluding carboxylic acids is 1. The molecule has 1 aliphatic carbocycles. The van der Waals surface area contributed by atoms with Gasteiger partial charge in [-0.2, -0.15) is 0 Å². The van der Waals surface area contributed by atoms with Gasteiger partial charge in [-0.05, 0) is 18.8 Å². The predicted octanol–water partition coefficient (Wildman–Crippen LogP) is 3.26. The molecule has 0 N–H and O–H groups in total. The molecule has 0 saturated heterocycles. The molecule has 1 fully saturated rings. The van der Waals surface area contributed by atoms with E-state index in [0.29, 0.717) is 5.92 Å². The van der Waals surface area contributed by atoms with Crippen LogP contribution in [0.1, 0.15) is 36.0 Å². The van der Waals surface area contributed by atoms with Gasteiger partial charge in [-0.1, -0.05) is 43.2 Å². The van der Waals surface area contributed by atoms with Crippen LogP contribution in [-0.2, 0) is 0 Å². The molecule has 2 rings (SSSR count). The second kappa shape index (κ2) is 4.41. The molecular formula is C13H15O. The Kier molecular flexibility index (Phi) is 2.97. The second-order valence-electron chi connectivity index (χ2n) is 3.94. The van der Waals surface area contributed by atoms with Crippen LogP contribution in [0.25, 0.3) is 0 Å². The van der Waals surface area contributed by atoms with Crippen molar-refractivity contribution in [3.05, 3.63) is 42.3 Å². The average molecular weight is 187 g/mol. The maximum absolute atomic E-state index is 11.7. The zero-order valence-corrected chi connectivity index (χ0v) is 8.28. The first kappa shape index (κ1) is 9.45. The summed E-state index contributed by atoms with van der Waals surface area (Å²) in [7, 11) is 0. The van der Waals surface area contributed by atoms with E-state index in [1.54, 1.807) is 0 Å². The summed E-state index contributed by atoms with van der Waals surface area (Å²) in [4.78, 5) is 11.7. The second-order valence-corrected chi connectivity index (χ2v) is 3.94. The lowest BCUT2D eigenvalue weighted by molar-refractivity contribution is 0.101. The summed E-state index contributed by atoms with van der Waals surface area (Å²) in [5, 5.41) is 0. The maximum atomic E-state index is 11.7. The lowest BCUT2D eigenvalue weighted by atomic mass is 9.97. The number of ketones is 1. The van der Waals surface area contributed by atoms with E-state index in [1.165, 1.54) is 25.7 Å². The fraction of sp³-hybridized carbons (Fsp3) is 0.385. The van der Waals surface area contributed by atoms with Crippen LogP contribution in [0.5, 0.6) is 0 Å². The first-order valence-corrected chi connectivity index (χ1v) is 5.30. The molecule has 0 spiro atoms. The number of hydrogen-bond donors (Lipinski definition) is 0. The van der Waals surface area contributed by atoms with Crippen molar-refractivity contribution < 1.29 is 4.79 Å². The molecule has 1 radical (unpaired) electrons. The number of benzene rings is 1. The Morgan fingerprint density at radius 1 is 1.14 bits per heavy atom. The molecule has 0 amide bonds. The zero-order valence-electron chi connectivity index (χ0n) is 8.28. The lowest BCUT2D eigenvalue weighted by Gasteiger charge is -2.06. The number of Topliss-reactive ketones (excluding diaryl/α,β-unsaturated/α-hetero) is 1. The van der Waals surface area contributed by atoms with Crippen molar-refractivity contribution in [3.8, 4) is 0 Å². The van der Waals surface area contributed by atoms with Gasteiger partial charge in [-0.15, -0.1) is 0 Å². The Labute approximate surface area is 85.1 Å². The van der Waals surface area contributed by atoms with Gasteiger partial charge >= 0.3 is 0 Å². The van der Waals surface area contributed by atoms with Gasteiger partial charge in [0, 0.05) is 12.0 Å². The summed E-state index contributed by atoms with van der Waals surface area (Å²) in [5.41, 5.74) is 0.819. The van der Waals surface area contributed by atoms with Gasteiger partial charge in [0.15, 0.2) is 5.78 Å². The number of hydrogen-bond acceptors (Lipinski definition) is 1. The van der Waals surface area contributed by atoms with Crippen molar-refractivity contribution in [1.29, 1.82) is 0 Å². The summed E-state index contributed by atoms with van der Waals surface area (Å²) in [6.07, 6.45) is 6.85. The van der Waals surface area contributed by atoms with E-state index < -0.39 is 0 Å². The fourth-order valence-electron chi connectivity index (χ4n) is 2.04. The monoisotopic (exact) mass is 187 g/mol. The van der Waals surface area contributed by atoms with Crippen LogP contribution in [0.15, 0.2) is 30.3 Å². The minimum atomic E-state index is 0.192. The van der Waals surface area contributed by atoms with Gasteiger partial charge in [-0.3, -0.25) is 4.79 Å². The van der Waals surface area contributed by atoms with E-state index in [2.05, 4.69) is 0 Å². The summed E-state index contributed by atoms with van der Waals surface area (Å²) in [6.45, 7) is 0. The molecule has 1 aliphatic rings. The van der Waals surface area contributed by atoms with Crippen LogP contribution in [0, 0.1) is 12.3 Å². The van der Waals surface area contributed by atoms with E-state index in [9.17, 15) is 4.79 Å². The fourth-order valence-corrected chi connectivity index (χ4v) is 2.04. The van der Waals surface area contributed by atoms with Crippen molar-refractivity contribution in [1.82, 2.24) is 0 Å². The SMILES string of the molecule is O=C([CH]C1CCCC1)c1ccccc1. The highest BCUT2D eigenvalue weighted by Gasteiger charge is 2.19. The van der Waals surface area contributed by atoms with Gasteiger partial charge < -0.3 is 0 Å². The Morgan fingerprint density at radius 2 is 1.79 bits per heavy atom. The summed E-state index contributed by atoms with van der Waals surface area (Å²) in [6, 6.07) is 9.53. The van der Waals surface area contributed by atoms with Gasteiger partial charge in [0.25, 0.3) is 0 Å². The number of rotatable bonds is 3. The van der Waals surface area contributed by atoms with E-state index in [4.69, 9.17) is 0 Å². The number of carbonyl (C=O) groups is 1. The first-order chi connectivity index (χ1) is 6.86. The summed E-state index contributed by atoms with van der Waals surface area (Å²) >= 11 is 0. The molecule has 1 aromatic rings. The third kappa shape index (κ3) is 2.22. The molecule has 0 heterocycles. The highest BCUT2D eigenvalue weighted by Crippen LogP contribution is 2.27. The smallest absolute Gasteiger partial charge is 0.166 e. The van der Waals surface area contributed by atoms with Crippen LogP contribution in [0.4, 0.5) is 0 Å². The summed E-state index contributed by atoms with van der Waals surface area (Å²) < 4.78 is 0. The normalized spacial score (nSPS) is 17.1. The minimum absolute atomic E-state index is 0.192. The van der Waals surface area contributed by atoms with E-state index in [-0.39, 0.29) is 5.78 Å². The molecular weight excluding hydrogens is 172 g/mol. The molecule has 1 nitrogen and oxygen atoms in total. The lowest BCUT2D eigenvalue weighted by Crippen LogP contribution is -2.06. The molecule has 0 atom stereocenters. The Morgan fingerprint density at radius 3 is 2.43 bits per heavy atom.